The highest BCUT2D eigenvalue weighted by molar-refractivity contribution is 7.22. The maximum atomic E-state index is 12.4. The maximum absolute atomic E-state index is 12.4. The molecule has 0 atom stereocenters. The number of fused-ring (bicyclic) bond motifs is 2. The minimum absolute atomic E-state index is 0.0300. The second-order valence-corrected chi connectivity index (χ2v) is 7.81. The van der Waals surface area contributed by atoms with Crippen LogP contribution in [0.2, 0.25) is 0 Å². The number of alkyl halides is 3. The van der Waals surface area contributed by atoms with Gasteiger partial charge < -0.3 is 10.1 Å². The molecule has 4 rings (SSSR count). The van der Waals surface area contributed by atoms with E-state index in [4.69, 9.17) is 4.74 Å². The molecule has 2 aromatic heterocycles. The highest BCUT2D eigenvalue weighted by Crippen LogP contribution is 2.30. The van der Waals surface area contributed by atoms with Crippen molar-refractivity contribution in [2.24, 2.45) is 0 Å². The van der Waals surface area contributed by atoms with E-state index >= 15 is 0 Å². The first-order chi connectivity index (χ1) is 15.2. The predicted molar refractivity (Wildman–Crippen MR) is 113 cm³/mol. The molecule has 32 heavy (non-hydrogen) atoms. The Hall–Kier alpha value is -3.67. The number of hydrogen-bond donors (Lipinski definition) is 2. The molecule has 0 bridgehead atoms. The second-order valence-electron chi connectivity index (χ2n) is 6.78. The Kier molecular flexibility index (Phi) is 5.70. The molecule has 0 aliphatic heterocycles. The Balaban J connectivity index is 1.45. The first-order valence-electron chi connectivity index (χ1n) is 9.31. The third-order valence-electron chi connectivity index (χ3n) is 4.48. The quantitative estimate of drug-likeness (QED) is 0.456. The van der Waals surface area contributed by atoms with E-state index in [0.29, 0.717) is 21.1 Å². The zero-order valence-electron chi connectivity index (χ0n) is 16.2. The molecule has 2 heterocycles. The van der Waals surface area contributed by atoms with Gasteiger partial charge in [0, 0.05) is 13.0 Å². The molecule has 166 valence electrons. The summed E-state index contributed by atoms with van der Waals surface area (Å²) in [5, 5.41) is 3.21. The maximum Gasteiger partial charge on any atom is 0.422 e. The molecule has 0 saturated heterocycles. The van der Waals surface area contributed by atoms with Gasteiger partial charge in [-0.25, -0.2) is 9.78 Å². The lowest BCUT2D eigenvalue weighted by Gasteiger charge is -2.08. The first kappa shape index (κ1) is 21.6. The molecular formula is C20H15F3N4O4S. The van der Waals surface area contributed by atoms with Crippen molar-refractivity contribution in [1.29, 1.82) is 0 Å². The van der Waals surface area contributed by atoms with Gasteiger partial charge >= 0.3 is 11.9 Å². The van der Waals surface area contributed by atoms with E-state index in [-0.39, 0.29) is 23.8 Å². The van der Waals surface area contributed by atoms with Crippen molar-refractivity contribution in [3.8, 4) is 5.75 Å². The van der Waals surface area contributed by atoms with Gasteiger partial charge in [-0.15, -0.1) is 0 Å². The van der Waals surface area contributed by atoms with Crippen LogP contribution in [0.3, 0.4) is 0 Å². The molecule has 2 aromatic carbocycles. The fraction of sp³-hybridized carbons (Fsp3) is 0.200. The van der Waals surface area contributed by atoms with Crippen LogP contribution < -0.4 is 21.3 Å². The van der Waals surface area contributed by atoms with Crippen molar-refractivity contribution in [1.82, 2.24) is 14.5 Å². The predicted octanol–water partition coefficient (Wildman–Crippen LogP) is 3.27. The standard InChI is InChI=1S/C20H15F3N4O4S/c21-20(22,23)10-31-11-5-6-13-15(9-11)32-18(24-13)25-16(28)7-8-27-14-4-2-1-3-12(14)17(29)26-19(27)30/h1-6,9H,7-8,10H2,(H,24,25,28)(H,26,29,30). The number of anilines is 1. The smallest absolute Gasteiger partial charge is 0.422 e. The summed E-state index contributed by atoms with van der Waals surface area (Å²) in [5.74, 6) is -0.375. The van der Waals surface area contributed by atoms with Crippen LogP contribution in [0.25, 0.3) is 21.1 Å². The van der Waals surface area contributed by atoms with Crippen molar-refractivity contribution >= 4 is 43.5 Å². The topological polar surface area (TPSA) is 106 Å². The highest BCUT2D eigenvalue weighted by Gasteiger charge is 2.28. The van der Waals surface area contributed by atoms with E-state index in [0.717, 1.165) is 11.3 Å². The summed E-state index contributed by atoms with van der Waals surface area (Å²) < 4.78 is 43.5. The number of hydrogen-bond acceptors (Lipinski definition) is 6. The Morgan fingerprint density at radius 3 is 2.75 bits per heavy atom. The summed E-state index contributed by atoms with van der Waals surface area (Å²) in [4.78, 5) is 42.9. The summed E-state index contributed by atoms with van der Waals surface area (Å²) in [5.41, 5.74) is -0.208. The molecule has 0 unspecified atom stereocenters. The molecule has 1 amide bonds. The third kappa shape index (κ3) is 4.80. The molecule has 0 spiro atoms. The number of amides is 1. The van der Waals surface area contributed by atoms with Crippen molar-refractivity contribution in [2.45, 2.75) is 19.1 Å². The number of rotatable bonds is 6. The van der Waals surface area contributed by atoms with Crippen LogP contribution >= 0.6 is 11.3 Å². The minimum atomic E-state index is -4.44. The molecule has 0 aliphatic carbocycles. The number of nitrogens with zero attached hydrogens (tertiary/aromatic N) is 2. The van der Waals surface area contributed by atoms with Crippen LogP contribution in [0.1, 0.15) is 6.42 Å². The summed E-state index contributed by atoms with van der Waals surface area (Å²) in [7, 11) is 0. The number of ether oxygens (including phenoxy) is 1. The van der Waals surface area contributed by atoms with Gasteiger partial charge in [-0.3, -0.25) is 19.1 Å². The molecule has 0 radical (unpaired) electrons. The van der Waals surface area contributed by atoms with Gasteiger partial charge in [0.15, 0.2) is 11.7 Å². The van der Waals surface area contributed by atoms with Gasteiger partial charge in [0.25, 0.3) is 5.56 Å². The molecule has 4 aromatic rings. The van der Waals surface area contributed by atoms with Gasteiger partial charge in [-0.2, -0.15) is 13.2 Å². The van der Waals surface area contributed by atoms with Crippen LogP contribution in [0, 0.1) is 0 Å². The summed E-state index contributed by atoms with van der Waals surface area (Å²) in [6.07, 6.45) is -4.51. The highest BCUT2D eigenvalue weighted by atomic mass is 32.1. The number of thiazole rings is 1. The number of carbonyl (C=O) groups is 1. The minimum Gasteiger partial charge on any atom is -0.484 e. The fourth-order valence-electron chi connectivity index (χ4n) is 3.07. The van der Waals surface area contributed by atoms with Crippen molar-refractivity contribution in [3.63, 3.8) is 0 Å². The molecule has 0 aliphatic rings. The van der Waals surface area contributed by atoms with Gasteiger partial charge in [0.1, 0.15) is 5.75 Å². The zero-order chi connectivity index (χ0) is 22.9. The average Bonchev–Trinajstić information content (AvgIpc) is 3.13. The third-order valence-corrected chi connectivity index (χ3v) is 5.41. The van der Waals surface area contributed by atoms with E-state index in [2.05, 4.69) is 15.3 Å². The number of halogens is 3. The largest absolute Gasteiger partial charge is 0.484 e. The van der Waals surface area contributed by atoms with Crippen LogP contribution in [0.4, 0.5) is 18.3 Å². The number of carbonyl (C=O) groups excluding carboxylic acids is 1. The lowest BCUT2D eigenvalue weighted by molar-refractivity contribution is -0.153. The first-order valence-corrected chi connectivity index (χ1v) is 10.1. The molecule has 12 heteroatoms. The molecular weight excluding hydrogens is 449 g/mol. The summed E-state index contributed by atoms with van der Waals surface area (Å²) >= 11 is 1.08. The number of aromatic amines is 1. The number of aryl methyl sites for hydroxylation is 1. The van der Waals surface area contributed by atoms with Crippen LogP contribution in [-0.4, -0.2) is 33.2 Å². The van der Waals surface area contributed by atoms with Crippen LogP contribution in [0.15, 0.2) is 52.1 Å². The van der Waals surface area contributed by atoms with Crippen molar-refractivity contribution in [2.75, 3.05) is 11.9 Å². The Morgan fingerprint density at radius 1 is 1.19 bits per heavy atom. The van der Waals surface area contributed by atoms with E-state index in [1.54, 1.807) is 24.3 Å². The number of benzene rings is 2. The summed E-state index contributed by atoms with van der Waals surface area (Å²) in [6.45, 7) is -1.37. The number of para-hydroxylation sites is 1. The number of H-pyrrole nitrogens is 1. The monoisotopic (exact) mass is 464 g/mol. The van der Waals surface area contributed by atoms with E-state index in [9.17, 15) is 27.6 Å². The fourth-order valence-corrected chi connectivity index (χ4v) is 3.98. The molecule has 0 fully saturated rings. The van der Waals surface area contributed by atoms with Crippen LogP contribution in [-0.2, 0) is 11.3 Å². The second kappa shape index (κ2) is 8.46. The van der Waals surface area contributed by atoms with E-state index in [1.165, 1.54) is 22.8 Å². The van der Waals surface area contributed by atoms with Crippen molar-refractivity contribution < 1.29 is 22.7 Å². The molecule has 2 N–H and O–H groups in total. The SMILES string of the molecule is O=C(CCn1c(=O)[nH]c(=O)c2ccccc21)Nc1nc2ccc(OCC(F)(F)F)cc2s1. The Labute approximate surface area is 181 Å². The van der Waals surface area contributed by atoms with Crippen LogP contribution in [0.5, 0.6) is 5.75 Å². The summed E-state index contributed by atoms with van der Waals surface area (Å²) in [6, 6.07) is 10.8. The van der Waals surface area contributed by atoms with E-state index in [1.807, 2.05) is 0 Å². The average molecular weight is 464 g/mol. The Morgan fingerprint density at radius 2 is 1.97 bits per heavy atom. The number of nitrogens with one attached hydrogen (secondary N) is 2. The zero-order valence-corrected chi connectivity index (χ0v) is 17.0. The van der Waals surface area contributed by atoms with Crippen molar-refractivity contribution in [3.05, 3.63) is 63.3 Å². The lowest BCUT2D eigenvalue weighted by atomic mass is 10.2. The molecule has 0 saturated carbocycles. The molecule has 8 nitrogen and oxygen atoms in total. The lowest BCUT2D eigenvalue weighted by Crippen LogP contribution is -2.31. The van der Waals surface area contributed by atoms with Gasteiger partial charge in [-0.05, 0) is 30.3 Å². The van der Waals surface area contributed by atoms with Gasteiger partial charge in [0.05, 0.1) is 21.1 Å². The Bertz CT molecular complexity index is 1420. The van der Waals surface area contributed by atoms with E-state index < -0.39 is 29.9 Å². The van der Waals surface area contributed by atoms with Gasteiger partial charge in [-0.1, -0.05) is 23.5 Å². The normalized spacial score (nSPS) is 11.7. The number of aromatic nitrogens is 3. The van der Waals surface area contributed by atoms with Gasteiger partial charge in [0.2, 0.25) is 5.91 Å².